The highest BCUT2D eigenvalue weighted by Gasteiger charge is 2.18. The zero-order valence-electron chi connectivity index (χ0n) is 10.2. The number of thioether (sulfide) groups is 1. The van der Waals surface area contributed by atoms with Gasteiger partial charge in [-0.2, -0.15) is 0 Å². The molecule has 0 atom stereocenters. The molecule has 0 fully saturated rings. The fourth-order valence-electron chi connectivity index (χ4n) is 2.13. The van der Waals surface area contributed by atoms with Crippen LogP contribution in [0.25, 0.3) is 0 Å². The summed E-state index contributed by atoms with van der Waals surface area (Å²) in [7, 11) is 0. The van der Waals surface area contributed by atoms with E-state index in [1.807, 2.05) is 18.0 Å². The third-order valence-corrected chi connectivity index (χ3v) is 4.24. The first-order valence-corrected chi connectivity index (χ1v) is 8.00. The molecule has 0 N–H and O–H groups in total. The second-order valence-electron chi connectivity index (χ2n) is 4.27. The molecule has 0 unspecified atom stereocenters. The average Bonchev–Trinajstić information content (AvgIpc) is 2.91. The Kier molecular flexibility index (Phi) is 3.58. The molecule has 0 aromatic carbocycles. The number of thiazole rings is 1. The van der Waals surface area contributed by atoms with Crippen molar-refractivity contribution >= 4 is 23.1 Å². The summed E-state index contributed by atoms with van der Waals surface area (Å²) < 4.78 is 0. The Morgan fingerprint density at radius 3 is 3.17 bits per heavy atom. The van der Waals surface area contributed by atoms with E-state index in [0.29, 0.717) is 0 Å². The topological polar surface area (TPSA) is 41.9 Å². The first-order valence-electron chi connectivity index (χ1n) is 5.83. The first kappa shape index (κ1) is 12.1. The SMILES string of the molecule is CSc1ncc2c(n1)CCN(Cc1cscn1)C2. The van der Waals surface area contributed by atoms with Crippen LogP contribution in [0.3, 0.4) is 0 Å². The molecule has 2 aromatic heterocycles. The van der Waals surface area contributed by atoms with Crippen LogP contribution in [0.15, 0.2) is 22.2 Å². The predicted octanol–water partition coefficient (Wildman–Crippen LogP) is 2.21. The third kappa shape index (κ3) is 2.55. The molecule has 0 radical (unpaired) electrons. The van der Waals surface area contributed by atoms with Crippen LogP contribution in [-0.4, -0.2) is 32.7 Å². The van der Waals surface area contributed by atoms with Gasteiger partial charge in [0.25, 0.3) is 0 Å². The van der Waals surface area contributed by atoms with Gasteiger partial charge in [-0.3, -0.25) is 4.90 Å². The molecule has 4 nitrogen and oxygen atoms in total. The summed E-state index contributed by atoms with van der Waals surface area (Å²) in [5, 5.41) is 2.99. The molecule has 1 aliphatic heterocycles. The quantitative estimate of drug-likeness (QED) is 0.636. The lowest BCUT2D eigenvalue weighted by Gasteiger charge is -2.27. The number of nitrogens with zero attached hydrogens (tertiary/aromatic N) is 4. The minimum absolute atomic E-state index is 0.877. The summed E-state index contributed by atoms with van der Waals surface area (Å²) in [6.45, 7) is 2.91. The van der Waals surface area contributed by atoms with Crippen LogP contribution in [0.4, 0.5) is 0 Å². The van der Waals surface area contributed by atoms with E-state index in [4.69, 9.17) is 0 Å². The van der Waals surface area contributed by atoms with Crippen LogP contribution >= 0.6 is 23.1 Å². The van der Waals surface area contributed by atoms with Gasteiger partial charge in [0, 0.05) is 43.2 Å². The minimum Gasteiger partial charge on any atom is -0.293 e. The molecule has 18 heavy (non-hydrogen) atoms. The summed E-state index contributed by atoms with van der Waals surface area (Å²) in [6.07, 6.45) is 5.00. The zero-order chi connectivity index (χ0) is 12.4. The van der Waals surface area contributed by atoms with Gasteiger partial charge in [0.2, 0.25) is 0 Å². The van der Waals surface area contributed by atoms with Gasteiger partial charge in [0.15, 0.2) is 5.16 Å². The molecule has 1 aliphatic rings. The van der Waals surface area contributed by atoms with Crippen molar-refractivity contribution < 1.29 is 0 Å². The molecule has 0 saturated heterocycles. The number of hydrogen-bond donors (Lipinski definition) is 0. The van der Waals surface area contributed by atoms with Crippen molar-refractivity contribution in [3.8, 4) is 0 Å². The van der Waals surface area contributed by atoms with Crippen molar-refractivity contribution in [1.29, 1.82) is 0 Å². The van der Waals surface area contributed by atoms with Crippen LogP contribution < -0.4 is 0 Å². The van der Waals surface area contributed by atoms with Crippen molar-refractivity contribution in [3.63, 3.8) is 0 Å². The van der Waals surface area contributed by atoms with E-state index in [0.717, 1.165) is 36.9 Å². The normalized spacial score (nSPS) is 15.6. The van der Waals surface area contributed by atoms with E-state index in [2.05, 4.69) is 25.2 Å². The average molecular weight is 278 g/mol. The number of fused-ring (bicyclic) bond motifs is 1. The van der Waals surface area contributed by atoms with Gasteiger partial charge in [0.1, 0.15) is 0 Å². The largest absolute Gasteiger partial charge is 0.293 e. The molecule has 2 aromatic rings. The maximum absolute atomic E-state index is 4.57. The van der Waals surface area contributed by atoms with Crippen LogP contribution in [0, 0.1) is 0 Å². The van der Waals surface area contributed by atoms with E-state index in [9.17, 15) is 0 Å². The van der Waals surface area contributed by atoms with Crippen molar-refractivity contribution in [3.05, 3.63) is 34.0 Å². The Balaban J connectivity index is 1.73. The van der Waals surface area contributed by atoms with E-state index >= 15 is 0 Å². The lowest BCUT2D eigenvalue weighted by atomic mass is 10.1. The molecule has 94 valence electrons. The van der Waals surface area contributed by atoms with Crippen LogP contribution in [0.5, 0.6) is 0 Å². The second kappa shape index (κ2) is 5.34. The van der Waals surface area contributed by atoms with Gasteiger partial charge in [-0.1, -0.05) is 11.8 Å². The molecule has 3 rings (SSSR count). The minimum atomic E-state index is 0.877. The van der Waals surface area contributed by atoms with Gasteiger partial charge >= 0.3 is 0 Å². The van der Waals surface area contributed by atoms with Crippen molar-refractivity contribution in [2.45, 2.75) is 24.7 Å². The highest BCUT2D eigenvalue weighted by molar-refractivity contribution is 7.98. The van der Waals surface area contributed by atoms with E-state index < -0.39 is 0 Å². The Labute approximate surface area is 114 Å². The highest BCUT2D eigenvalue weighted by atomic mass is 32.2. The van der Waals surface area contributed by atoms with Gasteiger partial charge in [-0.15, -0.1) is 11.3 Å². The standard InChI is InChI=1S/C12H14N4S2/c1-17-12-13-4-9-5-16(3-2-11(9)15-12)6-10-7-18-8-14-10/h4,7-8H,2-3,5-6H2,1H3. The molecular weight excluding hydrogens is 264 g/mol. The van der Waals surface area contributed by atoms with Gasteiger partial charge in [-0.05, 0) is 6.26 Å². The van der Waals surface area contributed by atoms with Crippen molar-refractivity contribution in [2.75, 3.05) is 12.8 Å². The maximum Gasteiger partial charge on any atom is 0.187 e. The van der Waals surface area contributed by atoms with Gasteiger partial charge < -0.3 is 0 Å². The molecule has 3 heterocycles. The van der Waals surface area contributed by atoms with Crippen LogP contribution in [-0.2, 0) is 19.5 Å². The molecule has 6 heteroatoms. The van der Waals surface area contributed by atoms with Gasteiger partial charge in [-0.25, -0.2) is 15.0 Å². The van der Waals surface area contributed by atoms with Gasteiger partial charge in [0.05, 0.1) is 16.9 Å². The smallest absolute Gasteiger partial charge is 0.187 e. The lowest BCUT2D eigenvalue weighted by Crippen LogP contribution is -2.31. The maximum atomic E-state index is 4.57. The Morgan fingerprint density at radius 2 is 2.39 bits per heavy atom. The zero-order valence-corrected chi connectivity index (χ0v) is 11.8. The van der Waals surface area contributed by atoms with E-state index in [1.165, 1.54) is 11.3 Å². The fraction of sp³-hybridized carbons (Fsp3) is 0.417. The third-order valence-electron chi connectivity index (χ3n) is 3.04. The van der Waals surface area contributed by atoms with Crippen molar-refractivity contribution in [1.82, 2.24) is 19.9 Å². The van der Waals surface area contributed by atoms with Crippen LogP contribution in [0.1, 0.15) is 17.0 Å². The monoisotopic (exact) mass is 278 g/mol. The molecule has 0 bridgehead atoms. The Hall–Kier alpha value is -0.980. The highest BCUT2D eigenvalue weighted by Crippen LogP contribution is 2.20. The molecule has 0 spiro atoms. The van der Waals surface area contributed by atoms with E-state index in [1.54, 1.807) is 23.1 Å². The Bertz CT molecular complexity index is 527. The molecule has 0 amide bonds. The summed E-state index contributed by atoms with van der Waals surface area (Å²) >= 11 is 3.26. The summed E-state index contributed by atoms with van der Waals surface area (Å²) in [5.74, 6) is 0. The summed E-state index contributed by atoms with van der Waals surface area (Å²) in [5.41, 5.74) is 5.52. The predicted molar refractivity (Wildman–Crippen MR) is 73.7 cm³/mol. The first-order chi connectivity index (χ1) is 8.85. The molecule has 0 saturated carbocycles. The Morgan fingerprint density at radius 1 is 1.44 bits per heavy atom. The number of rotatable bonds is 3. The van der Waals surface area contributed by atoms with Crippen molar-refractivity contribution in [2.24, 2.45) is 0 Å². The molecule has 0 aliphatic carbocycles. The second-order valence-corrected chi connectivity index (χ2v) is 5.76. The lowest BCUT2D eigenvalue weighted by molar-refractivity contribution is 0.240. The fourth-order valence-corrected chi connectivity index (χ4v) is 3.04. The number of aromatic nitrogens is 3. The number of hydrogen-bond acceptors (Lipinski definition) is 6. The van der Waals surface area contributed by atoms with E-state index in [-0.39, 0.29) is 0 Å². The van der Waals surface area contributed by atoms with Crippen LogP contribution in [0.2, 0.25) is 0 Å². The summed E-state index contributed by atoms with van der Waals surface area (Å²) in [4.78, 5) is 15.7. The molecular formula is C12H14N4S2. The summed E-state index contributed by atoms with van der Waals surface area (Å²) in [6, 6.07) is 0.